The summed E-state index contributed by atoms with van der Waals surface area (Å²) in [6, 6.07) is 15.9. The highest BCUT2D eigenvalue weighted by atomic mass is 16.6. The third kappa shape index (κ3) is 4.46. The van der Waals surface area contributed by atoms with E-state index >= 15 is 0 Å². The van der Waals surface area contributed by atoms with Gasteiger partial charge in [-0.25, -0.2) is 9.50 Å². The van der Waals surface area contributed by atoms with Gasteiger partial charge in [0.2, 0.25) is 0 Å². The van der Waals surface area contributed by atoms with Gasteiger partial charge in [-0.3, -0.25) is 4.79 Å². The summed E-state index contributed by atoms with van der Waals surface area (Å²) in [5.41, 5.74) is 5.84. The fourth-order valence-corrected chi connectivity index (χ4v) is 4.24. The number of rotatable bonds is 7. The number of benzene rings is 2. The number of hydrogen-bond donors (Lipinski definition) is 2. The van der Waals surface area contributed by atoms with Crippen molar-refractivity contribution in [3.8, 4) is 34.0 Å². The largest absolute Gasteiger partial charge is 0.486 e. The Morgan fingerprint density at radius 2 is 1.78 bits per heavy atom. The number of aromatic nitrogens is 3. The second kappa shape index (κ2) is 9.18. The normalized spacial score (nSPS) is 14.8. The van der Waals surface area contributed by atoms with Gasteiger partial charge >= 0.3 is 0 Å². The molecule has 0 saturated heterocycles. The van der Waals surface area contributed by atoms with E-state index in [1.54, 1.807) is 0 Å². The number of carbonyl (C=O) groups excluding carboxylic acids is 1. The molecule has 1 amide bonds. The highest BCUT2D eigenvalue weighted by Gasteiger charge is 2.24. The first kappa shape index (κ1) is 22.4. The lowest BCUT2D eigenvalue weighted by atomic mass is 10.1. The molecule has 2 aliphatic rings. The van der Waals surface area contributed by atoms with Crippen LogP contribution < -0.4 is 20.1 Å². The maximum Gasteiger partial charge on any atom is 0.251 e. The number of fused-ring (bicyclic) bond motifs is 2. The zero-order valence-corrected chi connectivity index (χ0v) is 20.5. The Balaban J connectivity index is 1.40. The molecule has 1 aliphatic heterocycles. The Hall–Kier alpha value is -4.07. The first-order valence-corrected chi connectivity index (χ1v) is 12.5. The van der Waals surface area contributed by atoms with Crippen molar-refractivity contribution in [3.05, 3.63) is 60.3 Å². The summed E-state index contributed by atoms with van der Waals surface area (Å²) in [5.74, 6) is 1.92. The standard InChI is InChI=1S/C28H29N5O3/c1-17(2)15-29-23-14-22(20-7-10-25-26(13-20)36-12-11-35-25)32-33-24(16-30-27(23)33)18-3-5-19(6-4-18)28(34)31-21-8-9-21/h3-7,10,13-14,16-17,21,29H,8-9,11-12,15H2,1-2H3,(H,31,34). The number of carbonyl (C=O) groups is 1. The van der Waals surface area contributed by atoms with Crippen LogP contribution in [-0.4, -0.2) is 46.3 Å². The summed E-state index contributed by atoms with van der Waals surface area (Å²) in [7, 11) is 0. The molecule has 0 radical (unpaired) electrons. The van der Waals surface area contributed by atoms with Gasteiger partial charge in [0.15, 0.2) is 17.1 Å². The van der Waals surface area contributed by atoms with E-state index in [0.717, 1.165) is 64.7 Å². The van der Waals surface area contributed by atoms with E-state index < -0.39 is 0 Å². The second-order valence-electron chi connectivity index (χ2n) is 9.78. The summed E-state index contributed by atoms with van der Waals surface area (Å²) in [5, 5.41) is 11.5. The molecule has 1 saturated carbocycles. The lowest BCUT2D eigenvalue weighted by Gasteiger charge is -2.19. The average Bonchev–Trinajstić information content (AvgIpc) is 3.61. The third-order valence-corrected chi connectivity index (χ3v) is 6.36. The summed E-state index contributed by atoms with van der Waals surface area (Å²) in [4.78, 5) is 17.1. The van der Waals surface area contributed by atoms with Crippen molar-refractivity contribution in [2.45, 2.75) is 32.7 Å². The average molecular weight is 484 g/mol. The molecule has 184 valence electrons. The van der Waals surface area contributed by atoms with Crippen molar-refractivity contribution in [2.75, 3.05) is 25.1 Å². The minimum Gasteiger partial charge on any atom is -0.486 e. The zero-order chi connectivity index (χ0) is 24.6. The van der Waals surface area contributed by atoms with Crippen LogP contribution in [0.2, 0.25) is 0 Å². The molecule has 2 aromatic heterocycles. The van der Waals surface area contributed by atoms with Crippen molar-refractivity contribution >= 4 is 17.2 Å². The summed E-state index contributed by atoms with van der Waals surface area (Å²) in [6.07, 6.45) is 3.96. The number of ether oxygens (including phenoxy) is 2. The Labute approximate surface area is 209 Å². The van der Waals surface area contributed by atoms with Gasteiger partial charge in [0.1, 0.15) is 13.2 Å². The van der Waals surface area contributed by atoms with E-state index in [-0.39, 0.29) is 5.91 Å². The molecule has 8 nitrogen and oxygen atoms in total. The van der Waals surface area contributed by atoms with E-state index in [0.29, 0.717) is 30.7 Å². The highest BCUT2D eigenvalue weighted by molar-refractivity contribution is 5.95. The molecule has 36 heavy (non-hydrogen) atoms. The molecule has 3 heterocycles. The van der Waals surface area contributed by atoms with Crippen molar-refractivity contribution in [1.29, 1.82) is 0 Å². The number of amides is 1. The molecule has 0 atom stereocenters. The molecule has 0 unspecified atom stereocenters. The lowest BCUT2D eigenvalue weighted by Crippen LogP contribution is -2.25. The minimum atomic E-state index is -0.0265. The van der Waals surface area contributed by atoms with Gasteiger partial charge < -0.3 is 20.1 Å². The number of anilines is 1. The molecular weight excluding hydrogens is 454 g/mol. The zero-order valence-electron chi connectivity index (χ0n) is 20.5. The minimum absolute atomic E-state index is 0.0265. The van der Waals surface area contributed by atoms with E-state index in [2.05, 4.69) is 24.5 Å². The highest BCUT2D eigenvalue weighted by Crippen LogP contribution is 2.35. The molecular formula is C28H29N5O3. The fourth-order valence-electron chi connectivity index (χ4n) is 4.24. The smallest absolute Gasteiger partial charge is 0.251 e. The van der Waals surface area contributed by atoms with Gasteiger partial charge in [0.05, 0.1) is 23.3 Å². The SMILES string of the molecule is CC(C)CNc1cc(-c2ccc3c(c2)OCCO3)nn2c(-c3ccc(C(=O)NC4CC4)cc3)cnc12. The molecule has 0 bridgehead atoms. The van der Waals surface area contributed by atoms with Crippen LogP contribution in [0.1, 0.15) is 37.0 Å². The number of imidazole rings is 1. The van der Waals surface area contributed by atoms with E-state index in [9.17, 15) is 4.79 Å². The third-order valence-electron chi connectivity index (χ3n) is 6.36. The van der Waals surface area contributed by atoms with Gasteiger partial charge in [0, 0.05) is 29.3 Å². The van der Waals surface area contributed by atoms with Gasteiger partial charge in [-0.05, 0) is 55.2 Å². The predicted molar refractivity (Wildman–Crippen MR) is 139 cm³/mol. The molecule has 6 rings (SSSR count). The Bertz CT molecular complexity index is 1420. The molecule has 4 aromatic rings. The van der Waals surface area contributed by atoms with E-state index in [1.807, 2.05) is 59.2 Å². The van der Waals surface area contributed by atoms with Gasteiger partial charge in [-0.2, -0.15) is 5.10 Å². The molecule has 2 N–H and O–H groups in total. The van der Waals surface area contributed by atoms with Crippen molar-refractivity contribution in [2.24, 2.45) is 5.92 Å². The fraction of sp³-hybridized carbons (Fsp3) is 0.321. The van der Waals surface area contributed by atoms with Crippen LogP contribution in [0.25, 0.3) is 28.2 Å². The topological polar surface area (TPSA) is 89.8 Å². The summed E-state index contributed by atoms with van der Waals surface area (Å²) >= 11 is 0. The lowest BCUT2D eigenvalue weighted by molar-refractivity contribution is 0.0951. The number of nitrogens with one attached hydrogen (secondary N) is 2. The van der Waals surface area contributed by atoms with Crippen LogP contribution in [0.3, 0.4) is 0 Å². The molecule has 1 fully saturated rings. The molecule has 0 spiro atoms. The van der Waals surface area contributed by atoms with E-state index in [4.69, 9.17) is 19.6 Å². The summed E-state index contributed by atoms with van der Waals surface area (Å²) in [6.45, 7) is 6.24. The Kier molecular flexibility index (Phi) is 5.71. The quantitative estimate of drug-likeness (QED) is 0.393. The van der Waals surface area contributed by atoms with Gasteiger partial charge in [-0.1, -0.05) is 26.0 Å². The van der Waals surface area contributed by atoms with Crippen LogP contribution in [0.15, 0.2) is 54.7 Å². The molecule has 2 aromatic carbocycles. The van der Waals surface area contributed by atoms with Crippen LogP contribution in [0.4, 0.5) is 5.69 Å². The number of nitrogens with zero attached hydrogens (tertiary/aromatic N) is 3. The van der Waals surface area contributed by atoms with E-state index in [1.165, 1.54) is 0 Å². The first-order chi connectivity index (χ1) is 17.5. The maximum atomic E-state index is 12.4. The van der Waals surface area contributed by atoms with Gasteiger partial charge in [-0.15, -0.1) is 0 Å². The first-order valence-electron chi connectivity index (χ1n) is 12.5. The van der Waals surface area contributed by atoms with Crippen LogP contribution in [0.5, 0.6) is 11.5 Å². The van der Waals surface area contributed by atoms with Gasteiger partial charge in [0.25, 0.3) is 5.91 Å². The Morgan fingerprint density at radius 1 is 1.03 bits per heavy atom. The van der Waals surface area contributed by atoms with Crippen molar-refractivity contribution in [3.63, 3.8) is 0 Å². The summed E-state index contributed by atoms with van der Waals surface area (Å²) < 4.78 is 13.4. The molecule has 1 aliphatic carbocycles. The predicted octanol–water partition coefficient (Wildman–Crippen LogP) is 4.79. The monoisotopic (exact) mass is 483 g/mol. The van der Waals surface area contributed by atoms with Crippen LogP contribution in [-0.2, 0) is 0 Å². The second-order valence-corrected chi connectivity index (χ2v) is 9.78. The Morgan fingerprint density at radius 3 is 2.53 bits per heavy atom. The van der Waals surface area contributed by atoms with Crippen LogP contribution in [0, 0.1) is 5.92 Å². The maximum absolute atomic E-state index is 12.4. The number of hydrogen-bond acceptors (Lipinski definition) is 6. The molecule has 8 heteroatoms. The van der Waals surface area contributed by atoms with Crippen LogP contribution >= 0.6 is 0 Å². The van der Waals surface area contributed by atoms with Crippen molar-refractivity contribution < 1.29 is 14.3 Å². The van der Waals surface area contributed by atoms with Crippen molar-refractivity contribution in [1.82, 2.24) is 19.9 Å².